The summed E-state index contributed by atoms with van der Waals surface area (Å²) in [6.07, 6.45) is 14.0. The van der Waals surface area contributed by atoms with Crippen molar-refractivity contribution in [2.24, 2.45) is 0 Å². The second-order valence-electron chi connectivity index (χ2n) is 7.94. The molecule has 1 aromatic carbocycles. The Morgan fingerprint density at radius 1 is 0.900 bits per heavy atom. The molecule has 0 spiro atoms. The van der Waals surface area contributed by atoms with Crippen molar-refractivity contribution in [1.82, 2.24) is 0 Å². The Morgan fingerprint density at radius 3 is 2.07 bits per heavy atom. The number of ether oxygens (including phenoxy) is 1. The molecule has 1 aromatic rings. The van der Waals surface area contributed by atoms with Crippen molar-refractivity contribution in [1.29, 1.82) is 0 Å². The van der Waals surface area contributed by atoms with Gasteiger partial charge in [0, 0.05) is 24.7 Å². The molecule has 0 heterocycles. The van der Waals surface area contributed by atoms with Crippen LogP contribution in [-0.4, -0.2) is 24.1 Å². The number of carbonyl (C=O) groups is 3. The first-order valence-corrected chi connectivity index (χ1v) is 11.4. The highest BCUT2D eigenvalue weighted by atomic mass is 16.5. The summed E-state index contributed by atoms with van der Waals surface area (Å²) in [4.78, 5) is 35.8. The predicted octanol–water partition coefficient (Wildman–Crippen LogP) is 5.99. The van der Waals surface area contributed by atoms with Crippen molar-refractivity contribution in [3.05, 3.63) is 41.6 Å². The molecule has 5 nitrogen and oxygen atoms in total. The van der Waals surface area contributed by atoms with Gasteiger partial charge in [-0.1, -0.05) is 58.3 Å². The molecule has 164 valence electrons. The molecule has 30 heavy (non-hydrogen) atoms. The van der Waals surface area contributed by atoms with Crippen LogP contribution in [0.1, 0.15) is 94.3 Å². The highest BCUT2D eigenvalue weighted by molar-refractivity contribution is 6.21. The average molecular weight is 414 g/mol. The molecule has 1 aliphatic carbocycles. The second-order valence-corrected chi connectivity index (χ2v) is 7.94. The van der Waals surface area contributed by atoms with Crippen LogP contribution in [0.2, 0.25) is 0 Å². The number of allylic oxidation sites excluding steroid dienone is 1. The molecule has 0 unspecified atom stereocenters. The number of ketones is 2. The molecule has 1 N–H and O–H groups in total. The second kappa shape index (κ2) is 13.7. The van der Waals surface area contributed by atoms with Crippen LogP contribution in [0.4, 0.5) is 5.69 Å². The SMILES string of the molecule is CCCCCCCCCCCOC(=O)c1ccc(NC=C2C(=O)CCCC2=O)cc1. The number of anilines is 1. The molecular weight excluding hydrogens is 378 g/mol. The number of carbonyl (C=O) groups excluding carboxylic acids is 3. The summed E-state index contributed by atoms with van der Waals surface area (Å²) >= 11 is 0. The van der Waals surface area contributed by atoms with Gasteiger partial charge in [-0.3, -0.25) is 9.59 Å². The van der Waals surface area contributed by atoms with E-state index in [1.807, 2.05) is 0 Å². The van der Waals surface area contributed by atoms with E-state index in [9.17, 15) is 14.4 Å². The third-order valence-corrected chi connectivity index (χ3v) is 5.39. The van der Waals surface area contributed by atoms with Crippen LogP contribution in [0.25, 0.3) is 0 Å². The molecule has 0 radical (unpaired) electrons. The van der Waals surface area contributed by atoms with Gasteiger partial charge in [-0.2, -0.15) is 0 Å². The molecule has 1 aliphatic rings. The topological polar surface area (TPSA) is 72.5 Å². The predicted molar refractivity (Wildman–Crippen MR) is 120 cm³/mol. The van der Waals surface area contributed by atoms with Crippen LogP contribution in [0.3, 0.4) is 0 Å². The number of nitrogens with one attached hydrogen (secondary N) is 1. The number of unbranched alkanes of at least 4 members (excludes halogenated alkanes) is 8. The minimum Gasteiger partial charge on any atom is -0.462 e. The third kappa shape index (κ3) is 8.52. The molecule has 1 fully saturated rings. The number of hydrogen-bond donors (Lipinski definition) is 1. The Morgan fingerprint density at radius 2 is 1.47 bits per heavy atom. The Kier molecular flexibility index (Phi) is 10.9. The molecule has 0 aliphatic heterocycles. The molecule has 2 rings (SSSR count). The molecule has 0 saturated heterocycles. The fraction of sp³-hybridized carbons (Fsp3) is 0.560. The molecular formula is C25H35NO4. The minimum atomic E-state index is -0.322. The van der Waals surface area contributed by atoms with E-state index in [1.54, 1.807) is 24.3 Å². The van der Waals surface area contributed by atoms with Crippen molar-refractivity contribution in [3.63, 3.8) is 0 Å². The lowest BCUT2D eigenvalue weighted by Crippen LogP contribution is -2.19. The van der Waals surface area contributed by atoms with E-state index < -0.39 is 0 Å². The van der Waals surface area contributed by atoms with Gasteiger partial charge in [-0.05, 0) is 37.1 Å². The maximum Gasteiger partial charge on any atom is 0.338 e. The van der Waals surface area contributed by atoms with Gasteiger partial charge >= 0.3 is 5.97 Å². The van der Waals surface area contributed by atoms with Crippen molar-refractivity contribution < 1.29 is 19.1 Å². The molecule has 0 bridgehead atoms. The average Bonchev–Trinajstić information content (AvgIpc) is 2.75. The van der Waals surface area contributed by atoms with Gasteiger partial charge in [0.2, 0.25) is 0 Å². The fourth-order valence-electron chi connectivity index (χ4n) is 3.51. The summed E-state index contributed by atoms with van der Waals surface area (Å²) in [5, 5.41) is 2.97. The van der Waals surface area contributed by atoms with Gasteiger partial charge in [0.1, 0.15) is 0 Å². The zero-order valence-electron chi connectivity index (χ0n) is 18.2. The zero-order valence-corrected chi connectivity index (χ0v) is 18.2. The Hall–Kier alpha value is -2.43. The molecule has 0 amide bonds. The standard InChI is InChI=1S/C25H35NO4/c1-2-3-4-5-6-7-8-9-10-18-30-25(29)20-14-16-21(17-15-20)26-19-22-23(27)12-11-13-24(22)28/h14-17,19,26H,2-13,18H2,1H3. The maximum absolute atomic E-state index is 12.1. The lowest BCUT2D eigenvalue weighted by molar-refractivity contribution is -0.123. The van der Waals surface area contributed by atoms with Crippen LogP contribution in [0.15, 0.2) is 36.0 Å². The molecule has 1 saturated carbocycles. The monoisotopic (exact) mass is 413 g/mol. The zero-order chi connectivity index (χ0) is 21.6. The van der Waals surface area contributed by atoms with E-state index in [-0.39, 0.29) is 23.1 Å². The smallest absolute Gasteiger partial charge is 0.338 e. The molecule has 5 heteroatoms. The first kappa shape index (κ1) is 23.8. The first-order chi connectivity index (χ1) is 14.6. The van der Waals surface area contributed by atoms with Crippen LogP contribution >= 0.6 is 0 Å². The highest BCUT2D eigenvalue weighted by Crippen LogP contribution is 2.18. The van der Waals surface area contributed by atoms with Gasteiger partial charge in [-0.25, -0.2) is 4.79 Å². The number of rotatable bonds is 13. The van der Waals surface area contributed by atoms with Crippen molar-refractivity contribution >= 4 is 23.2 Å². The van der Waals surface area contributed by atoms with E-state index in [2.05, 4.69) is 12.2 Å². The lowest BCUT2D eigenvalue weighted by atomic mass is 9.93. The molecule has 0 atom stereocenters. The summed E-state index contributed by atoms with van der Waals surface area (Å²) in [6, 6.07) is 6.85. The summed E-state index contributed by atoms with van der Waals surface area (Å²) in [5.74, 6) is -0.553. The van der Waals surface area contributed by atoms with Gasteiger partial charge in [0.05, 0.1) is 17.7 Å². The number of hydrogen-bond acceptors (Lipinski definition) is 5. The van der Waals surface area contributed by atoms with E-state index in [0.717, 1.165) is 12.8 Å². The lowest BCUT2D eigenvalue weighted by Gasteiger charge is -2.12. The van der Waals surface area contributed by atoms with Crippen LogP contribution in [-0.2, 0) is 14.3 Å². The normalized spacial score (nSPS) is 14.0. The first-order valence-electron chi connectivity index (χ1n) is 11.4. The van der Waals surface area contributed by atoms with Crippen molar-refractivity contribution in [2.75, 3.05) is 11.9 Å². The quantitative estimate of drug-likeness (QED) is 0.186. The van der Waals surface area contributed by atoms with E-state index >= 15 is 0 Å². The van der Waals surface area contributed by atoms with E-state index in [4.69, 9.17) is 4.74 Å². The van der Waals surface area contributed by atoms with E-state index in [1.165, 1.54) is 51.1 Å². The Labute approximate surface area is 180 Å². The maximum atomic E-state index is 12.1. The van der Waals surface area contributed by atoms with Gasteiger partial charge < -0.3 is 10.1 Å². The van der Waals surface area contributed by atoms with Crippen molar-refractivity contribution in [2.45, 2.75) is 84.0 Å². The highest BCUT2D eigenvalue weighted by Gasteiger charge is 2.22. The fourth-order valence-corrected chi connectivity index (χ4v) is 3.51. The Balaban J connectivity index is 1.64. The van der Waals surface area contributed by atoms with Crippen LogP contribution < -0.4 is 5.32 Å². The van der Waals surface area contributed by atoms with Gasteiger partial charge in [0.15, 0.2) is 11.6 Å². The van der Waals surface area contributed by atoms with Crippen LogP contribution in [0.5, 0.6) is 0 Å². The Bertz CT molecular complexity index is 703. The number of benzene rings is 1. The van der Waals surface area contributed by atoms with Crippen LogP contribution in [0, 0.1) is 0 Å². The summed E-state index contributed by atoms with van der Waals surface area (Å²) in [5.41, 5.74) is 1.43. The number of esters is 1. The van der Waals surface area contributed by atoms with E-state index in [0.29, 0.717) is 37.1 Å². The third-order valence-electron chi connectivity index (χ3n) is 5.39. The summed E-state index contributed by atoms with van der Waals surface area (Å²) in [7, 11) is 0. The summed E-state index contributed by atoms with van der Waals surface area (Å²) < 4.78 is 5.35. The summed E-state index contributed by atoms with van der Waals surface area (Å²) in [6.45, 7) is 2.68. The molecule has 0 aromatic heterocycles. The largest absolute Gasteiger partial charge is 0.462 e. The van der Waals surface area contributed by atoms with Gasteiger partial charge in [0.25, 0.3) is 0 Å². The van der Waals surface area contributed by atoms with Gasteiger partial charge in [-0.15, -0.1) is 0 Å². The number of Topliss-reactive ketones (excluding diaryl/α,β-unsaturated/α-hetero) is 2. The van der Waals surface area contributed by atoms with Crippen molar-refractivity contribution in [3.8, 4) is 0 Å². The minimum absolute atomic E-state index is 0.115.